The Bertz CT molecular complexity index is 957. The molecule has 2 atom stereocenters. The number of carbonyl (C=O) groups is 2. The molecular weight excluding hydrogens is 438 g/mol. The Morgan fingerprint density at radius 1 is 1.30 bits per heavy atom. The van der Waals surface area contributed by atoms with Crippen LogP contribution in [0, 0.1) is 6.92 Å². The van der Waals surface area contributed by atoms with Crippen molar-refractivity contribution in [3.8, 4) is 5.75 Å². The van der Waals surface area contributed by atoms with Gasteiger partial charge in [-0.05, 0) is 61.7 Å². The highest BCUT2D eigenvalue weighted by Gasteiger charge is 2.34. The zero-order valence-electron chi connectivity index (χ0n) is 19.4. The van der Waals surface area contributed by atoms with E-state index in [1.165, 1.54) is 4.88 Å². The summed E-state index contributed by atoms with van der Waals surface area (Å²) in [5.41, 5.74) is 2.22. The molecule has 7 nitrogen and oxygen atoms in total. The molecule has 0 aliphatic carbocycles. The Kier molecular flexibility index (Phi) is 7.88. The van der Waals surface area contributed by atoms with Crippen LogP contribution in [0.5, 0.6) is 5.75 Å². The number of nitrogens with one attached hydrogen (secondary N) is 1. The summed E-state index contributed by atoms with van der Waals surface area (Å²) in [5, 5.41) is 4.92. The molecule has 4 rings (SSSR count). The number of hydrogen-bond donors (Lipinski definition) is 1. The molecule has 0 spiro atoms. The molecule has 1 aromatic carbocycles. The van der Waals surface area contributed by atoms with Gasteiger partial charge in [-0.3, -0.25) is 4.79 Å². The summed E-state index contributed by atoms with van der Waals surface area (Å²) in [5.74, 6) is 0.768. The van der Waals surface area contributed by atoms with Crippen molar-refractivity contribution in [2.45, 2.75) is 45.3 Å². The number of para-hydroxylation sites is 1. The predicted octanol–water partition coefficient (Wildman–Crippen LogP) is 3.77. The van der Waals surface area contributed by atoms with E-state index in [9.17, 15) is 9.59 Å². The lowest BCUT2D eigenvalue weighted by molar-refractivity contribution is -0.135. The molecule has 0 radical (unpaired) electrons. The first-order valence-corrected chi connectivity index (χ1v) is 12.6. The van der Waals surface area contributed by atoms with Crippen molar-refractivity contribution in [2.75, 3.05) is 39.4 Å². The molecule has 0 saturated carbocycles. The fraction of sp³-hybridized carbons (Fsp3) is 0.520. The van der Waals surface area contributed by atoms with Gasteiger partial charge < -0.3 is 24.6 Å². The fourth-order valence-corrected chi connectivity index (χ4v) is 5.46. The number of rotatable bonds is 8. The number of amides is 3. The first-order valence-electron chi connectivity index (χ1n) is 11.7. The molecule has 0 bridgehead atoms. The van der Waals surface area contributed by atoms with Crippen LogP contribution in [0.2, 0.25) is 0 Å². The van der Waals surface area contributed by atoms with E-state index in [2.05, 4.69) is 16.8 Å². The number of urea groups is 1. The first-order chi connectivity index (χ1) is 16.1. The van der Waals surface area contributed by atoms with Crippen LogP contribution in [-0.4, -0.2) is 67.2 Å². The highest BCUT2D eigenvalue weighted by atomic mass is 32.1. The Morgan fingerprint density at radius 3 is 2.91 bits per heavy atom. The molecule has 3 amide bonds. The summed E-state index contributed by atoms with van der Waals surface area (Å²) in [4.78, 5) is 31.0. The largest absolute Gasteiger partial charge is 0.491 e. The lowest BCUT2D eigenvalue weighted by atomic mass is 10.0. The number of aryl methyl sites for hydroxylation is 1. The summed E-state index contributed by atoms with van der Waals surface area (Å²) >= 11 is 1.73. The van der Waals surface area contributed by atoms with Gasteiger partial charge in [0.05, 0.1) is 12.1 Å². The van der Waals surface area contributed by atoms with Gasteiger partial charge in [-0.15, -0.1) is 11.3 Å². The molecule has 1 N–H and O–H groups in total. The van der Waals surface area contributed by atoms with Crippen molar-refractivity contribution in [3.05, 3.63) is 51.7 Å². The summed E-state index contributed by atoms with van der Waals surface area (Å²) in [6.45, 7) is 6.60. The maximum Gasteiger partial charge on any atom is 0.317 e. The van der Waals surface area contributed by atoms with Crippen LogP contribution in [-0.2, 0) is 16.0 Å². The molecule has 33 heavy (non-hydrogen) atoms. The third-order valence-corrected chi connectivity index (χ3v) is 7.29. The van der Waals surface area contributed by atoms with Crippen LogP contribution in [0.25, 0.3) is 0 Å². The van der Waals surface area contributed by atoms with Gasteiger partial charge in [0, 0.05) is 31.1 Å². The SMILES string of the molecule is CCNC(=O)N(CC(=O)N1CCc2sccc2[C@H]1COc1ccccc1C)C[C@@H]1CCCO1. The van der Waals surface area contributed by atoms with Crippen molar-refractivity contribution in [1.29, 1.82) is 0 Å². The molecular formula is C25H33N3O4S. The lowest BCUT2D eigenvalue weighted by Crippen LogP contribution is -2.51. The van der Waals surface area contributed by atoms with Crippen LogP contribution in [0.15, 0.2) is 35.7 Å². The highest BCUT2D eigenvalue weighted by molar-refractivity contribution is 7.10. The van der Waals surface area contributed by atoms with E-state index in [0.717, 1.165) is 36.1 Å². The Balaban J connectivity index is 1.49. The molecule has 3 heterocycles. The fourth-order valence-electron chi connectivity index (χ4n) is 4.53. The van der Waals surface area contributed by atoms with Crippen LogP contribution >= 0.6 is 11.3 Å². The topological polar surface area (TPSA) is 71.1 Å². The van der Waals surface area contributed by atoms with E-state index in [1.54, 1.807) is 16.2 Å². The molecule has 1 fully saturated rings. The quantitative estimate of drug-likeness (QED) is 0.636. The zero-order valence-corrected chi connectivity index (χ0v) is 20.2. The minimum atomic E-state index is -0.220. The molecule has 8 heteroatoms. The minimum absolute atomic E-state index is 0.00887. The molecule has 1 aromatic heterocycles. The summed E-state index contributed by atoms with van der Waals surface area (Å²) in [6.07, 6.45) is 2.73. The normalized spacial score (nSPS) is 19.8. The van der Waals surface area contributed by atoms with Crippen molar-refractivity contribution in [1.82, 2.24) is 15.1 Å². The summed E-state index contributed by atoms with van der Waals surface area (Å²) in [7, 11) is 0. The number of nitrogens with zero attached hydrogens (tertiary/aromatic N) is 2. The average molecular weight is 472 g/mol. The maximum absolute atomic E-state index is 13.5. The first kappa shape index (κ1) is 23.6. The van der Waals surface area contributed by atoms with E-state index in [0.29, 0.717) is 32.8 Å². The van der Waals surface area contributed by atoms with Gasteiger partial charge in [-0.2, -0.15) is 0 Å². The molecule has 178 valence electrons. The van der Waals surface area contributed by atoms with Gasteiger partial charge in [0.2, 0.25) is 5.91 Å². The van der Waals surface area contributed by atoms with E-state index in [4.69, 9.17) is 9.47 Å². The standard InChI is InChI=1S/C25H33N3O4S/c1-3-26-25(30)27(15-19-8-6-13-31-19)16-24(29)28-12-10-23-20(11-14-33-23)21(28)17-32-22-9-5-4-7-18(22)2/h4-5,7,9,11,14,19,21H,3,6,8,10,12-13,15-17H2,1-2H3,(H,26,30)/t19-,21+/m0/s1. The van der Waals surface area contributed by atoms with Gasteiger partial charge in [0.1, 0.15) is 18.9 Å². The van der Waals surface area contributed by atoms with Crippen LogP contribution in [0.3, 0.4) is 0 Å². The lowest BCUT2D eigenvalue weighted by Gasteiger charge is -2.37. The highest BCUT2D eigenvalue weighted by Crippen LogP contribution is 2.34. The second-order valence-corrected chi connectivity index (χ2v) is 9.58. The van der Waals surface area contributed by atoms with Crippen molar-refractivity contribution >= 4 is 23.3 Å². The second kappa shape index (κ2) is 11.0. The number of hydrogen-bond acceptors (Lipinski definition) is 5. The van der Waals surface area contributed by atoms with Gasteiger partial charge in [-0.25, -0.2) is 4.79 Å². The van der Waals surface area contributed by atoms with E-state index < -0.39 is 0 Å². The minimum Gasteiger partial charge on any atom is -0.491 e. The zero-order chi connectivity index (χ0) is 23.2. The predicted molar refractivity (Wildman–Crippen MR) is 129 cm³/mol. The smallest absolute Gasteiger partial charge is 0.317 e. The maximum atomic E-state index is 13.5. The van der Waals surface area contributed by atoms with Crippen LogP contribution in [0.4, 0.5) is 4.79 Å². The molecule has 2 aliphatic rings. The summed E-state index contributed by atoms with van der Waals surface area (Å²) in [6, 6.07) is 9.62. The third kappa shape index (κ3) is 5.68. The number of carbonyl (C=O) groups excluding carboxylic acids is 2. The van der Waals surface area contributed by atoms with Crippen LogP contribution < -0.4 is 10.1 Å². The van der Waals surface area contributed by atoms with E-state index >= 15 is 0 Å². The molecule has 2 aromatic rings. The van der Waals surface area contributed by atoms with Gasteiger partial charge >= 0.3 is 6.03 Å². The molecule has 0 unspecified atom stereocenters. The number of benzene rings is 1. The summed E-state index contributed by atoms with van der Waals surface area (Å²) < 4.78 is 11.9. The average Bonchev–Trinajstić information content (AvgIpc) is 3.50. The molecule has 1 saturated heterocycles. The van der Waals surface area contributed by atoms with Gasteiger partial charge in [0.15, 0.2) is 0 Å². The van der Waals surface area contributed by atoms with E-state index in [-0.39, 0.29) is 30.6 Å². The van der Waals surface area contributed by atoms with Gasteiger partial charge in [0.25, 0.3) is 0 Å². The Hall–Kier alpha value is -2.58. The van der Waals surface area contributed by atoms with Crippen molar-refractivity contribution in [3.63, 3.8) is 0 Å². The number of thiophene rings is 1. The second-order valence-electron chi connectivity index (χ2n) is 8.58. The van der Waals surface area contributed by atoms with Crippen molar-refractivity contribution in [2.24, 2.45) is 0 Å². The Morgan fingerprint density at radius 2 is 2.15 bits per heavy atom. The number of fused-ring (bicyclic) bond motifs is 1. The Labute approximate surface area is 199 Å². The van der Waals surface area contributed by atoms with Gasteiger partial charge in [-0.1, -0.05) is 18.2 Å². The van der Waals surface area contributed by atoms with E-state index in [1.807, 2.05) is 43.0 Å². The van der Waals surface area contributed by atoms with Crippen LogP contribution in [0.1, 0.15) is 41.8 Å². The third-order valence-electron chi connectivity index (χ3n) is 6.29. The number of ether oxygens (including phenoxy) is 2. The molecule has 2 aliphatic heterocycles. The van der Waals surface area contributed by atoms with Crippen molar-refractivity contribution < 1.29 is 19.1 Å². The monoisotopic (exact) mass is 471 g/mol.